The summed E-state index contributed by atoms with van der Waals surface area (Å²) in [5.41, 5.74) is 7.60. The molecule has 1 heterocycles. The van der Waals surface area contributed by atoms with Crippen LogP contribution in [0.1, 0.15) is 5.56 Å². The van der Waals surface area contributed by atoms with E-state index in [0.29, 0.717) is 15.8 Å². The van der Waals surface area contributed by atoms with E-state index >= 15 is 0 Å². The topological polar surface area (TPSA) is 85.1 Å². The van der Waals surface area contributed by atoms with Crippen LogP contribution in [0.3, 0.4) is 0 Å². The third-order valence-electron chi connectivity index (χ3n) is 2.52. The second kappa shape index (κ2) is 5.18. The average molecular weight is 342 g/mol. The van der Waals surface area contributed by atoms with Crippen LogP contribution in [0.15, 0.2) is 46.0 Å². The fraction of sp³-hybridized carbons (Fsp3) is 0.0833. The molecule has 1 aromatic heterocycles. The number of anilines is 2. The predicted molar refractivity (Wildman–Crippen MR) is 78.3 cm³/mol. The lowest BCUT2D eigenvalue weighted by Gasteiger charge is -2.09. The molecule has 100 valence electrons. The minimum Gasteiger partial charge on any atom is -0.398 e. The van der Waals surface area contributed by atoms with Gasteiger partial charge in [0, 0.05) is 22.6 Å². The molecule has 0 unspecified atom stereocenters. The van der Waals surface area contributed by atoms with Crippen LogP contribution in [0, 0.1) is 6.92 Å². The molecule has 0 aliphatic carbocycles. The Bertz CT molecular complexity index is 717. The van der Waals surface area contributed by atoms with Crippen molar-refractivity contribution in [2.24, 2.45) is 0 Å². The maximum Gasteiger partial charge on any atom is 0.263 e. The number of nitrogen functional groups attached to an aromatic ring is 1. The van der Waals surface area contributed by atoms with Gasteiger partial charge in [-0.15, -0.1) is 0 Å². The van der Waals surface area contributed by atoms with E-state index in [2.05, 4.69) is 25.6 Å². The summed E-state index contributed by atoms with van der Waals surface area (Å²) >= 11 is 3.19. The van der Waals surface area contributed by atoms with Crippen LogP contribution < -0.4 is 10.5 Å². The number of pyridine rings is 1. The van der Waals surface area contributed by atoms with Crippen molar-refractivity contribution in [1.82, 2.24) is 4.98 Å². The highest BCUT2D eigenvalue weighted by Gasteiger charge is 2.15. The van der Waals surface area contributed by atoms with Crippen LogP contribution in [0.2, 0.25) is 0 Å². The molecule has 0 bridgehead atoms. The Balaban J connectivity index is 2.33. The second-order valence-electron chi connectivity index (χ2n) is 4.02. The molecule has 19 heavy (non-hydrogen) atoms. The van der Waals surface area contributed by atoms with Crippen LogP contribution in [0.5, 0.6) is 0 Å². The Morgan fingerprint density at radius 1 is 1.26 bits per heavy atom. The molecule has 0 saturated carbocycles. The first-order valence-corrected chi connectivity index (χ1v) is 7.65. The molecule has 3 N–H and O–H groups in total. The first kappa shape index (κ1) is 13.8. The Labute approximate surface area is 120 Å². The summed E-state index contributed by atoms with van der Waals surface area (Å²) in [6.07, 6.45) is 2.80. The summed E-state index contributed by atoms with van der Waals surface area (Å²) in [7, 11) is -3.66. The van der Waals surface area contributed by atoms with Crippen molar-refractivity contribution < 1.29 is 8.42 Å². The number of benzene rings is 1. The number of nitrogens with zero attached hydrogens (tertiary/aromatic N) is 1. The van der Waals surface area contributed by atoms with Gasteiger partial charge in [0.05, 0.1) is 5.69 Å². The SMILES string of the molecule is Cc1ccc(NS(=O)(=O)c2cncc(Br)c2)cc1N. The molecular weight excluding hydrogens is 330 g/mol. The van der Waals surface area contributed by atoms with Gasteiger partial charge in [-0.05, 0) is 46.6 Å². The van der Waals surface area contributed by atoms with Crippen LogP contribution >= 0.6 is 15.9 Å². The third-order valence-corrected chi connectivity index (χ3v) is 4.30. The van der Waals surface area contributed by atoms with Crippen molar-refractivity contribution in [3.63, 3.8) is 0 Å². The van der Waals surface area contributed by atoms with E-state index < -0.39 is 10.0 Å². The molecule has 0 amide bonds. The minimum absolute atomic E-state index is 0.0843. The number of aromatic nitrogens is 1. The van der Waals surface area contributed by atoms with Crippen molar-refractivity contribution >= 4 is 37.3 Å². The zero-order valence-corrected chi connectivity index (χ0v) is 12.5. The van der Waals surface area contributed by atoms with Crippen molar-refractivity contribution in [1.29, 1.82) is 0 Å². The summed E-state index contributed by atoms with van der Waals surface area (Å²) < 4.78 is 27.3. The van der Waals surface area contributed by atoms with Gasteiger partial charge in [-0.2, -0.15) is 0 Å². The van der Waals surface area contributed by atoms with E-state index in [1.54, 1.807) is 18.2 Å². The Kier molecular flexibility index (Phi) is 3.77. The zero-order valence-electron chi connectivity index (χ0n) is 10.1. The van der Waals surface area contributed by atoms with Gasteiger partial charge in [-0.1, -0.05) is 6.07 Å². The second-order valence-corrected chi connectivity index (χ2v) is 6.61. The highest BCUT2D eigenvalue weighted by Crippen LogP contribution is 2.21. The van der Waals surface area contributed by atoms with Crippen molar-refractivity contribution in [3.8, 4) is 0 Å². The van der Waals surface area contributed by atoms with Crippen LogP contribution in [0.4, 0.5) is 11.4 Å². The molecular formula is C12H12BrN3O2S. The molecule has 0 aliphatic rings. The smallest absolute Gasteiger partial charge is 0.263 e. The molecule has 0 fully saturated rings. The van der Waals surface area contributed by atoms with Gasteiger partial charge in [-0.3, -0.25) is 9.71 Å². The molecule has 5 nitrogen and oxygen atoms in total. The standard InChI is InChI=1S/C12H12BrN3O2S/c1-8-2-3-10(5-12(8)14)16-19(17,18)11-4-9(13)6-15-7-11/h2-7,16H,14H2,1H3. The number of nitrogens with one attached hydrogen (secondary N) is 1. The molecule has 0 atom stereocenters. The van der Waals surface area contributed by atoms with E-state index in [4.69, 9.17) is 5.73 Å². The molecule has 0 radical (unpaired) electrons. The highest BCUT2D eigenvalue weighted by molar-refractivity contribution is 9.10. The van der Waals surface area contributed by atoms with E-state index in [1.165, 1.54) is 18.5 Å². The lowest BCUT2D eigenvalue weighted by molar-refractivity contribution is 0.600. The number of nitrogens with two attached hydrogens (primary N) is 1. The fourth-order valence-corrected chi connectivity index (χ4v) is 3.01. The third kappa shape index (κ3) is 3.24. The summed E-state index contributed by atoms with van der Waals surface area (Å²) in [5, 5.41) is 0. The van der Waals surface area contributed by atoms with Gasteiger partial charge >= 0.3 is 0 Å². The zero-order chi connectivity index (χ0) is 14.0. The average Bonchev–Trinajstić information content (AvgIpc) is 2.33. The van der Waals surface area contributed by atoms with E-state index in [9.17, 15) is 8.42 Å². The Hall–Kier alpha value is -1.60. The molecule has 0 aliphatic heterocycles. The minimum atomic E-state index is -3.66. The Morgan fingerprint density at radius 3 is 2.63 bits per heavy atom. The van der Waals surface area contributed by atoms with Crippen molar-refractivity contribution in [2.75, 3.05) is 10.5 Å². The number of halogens is 1. The number of sulfonamides is 1. The van der Waals surface area contributed by atoms with Gasteiger partial charge < -0.3 is 5.73 Å². The maximum absolute atomic E-state index is 12.1. The first-order chi connectivity index (χ1) is 8.88. The lowest BCUT2D eigenvalue weighted by Crippen LogP contribution is -2.13. The molecule has 7 heteroatoms. The molecule has 0 spiro atoms. The van der Waals surface area contributed by atoms with Crippen molar-refractivity contribution in [2.45, 2.75) is 11.8 Å². The summed E-state index contributed by atoms with van der Waals surface area (Å²) in [6.45, 7) is 1.85. The van der Waals surface area contributed by atoms with Gasteiger partial charge in [0.1, 0.15) is 4.90 Å². The summed E-state index contributed by atoms with van der Waals surface area (Å²) in [4.78, 5) is 3.92. The molecule has 2 rings (SSSR count). The van der Waals surface area contributed by atoms with E-state index in [0.717, 1.165) is 5.56 Å². The molecule has 2 aromatic rings. The van der Waals surface area contributed by atoms with E-state index in [1.807, 2.05) is 6.92 Å². The summed E-state index contributed by atoms with van der Waals surface area (Å²) in [6, 6.07) is 6.48. The normalized spacial score (nSPS) is 11.3. The monoisotopic (exact) mass is 341 g/mol. The number of aryl methyl sites for hydroxylation is 1. The van der Waals surface area contributed by atoms with Crippen LogP contribution in [-0.2, 0) is 10.0 Å². The largest absolute Gasteiger partial charge is 0.398 e. The number of rotatable bonds is 3. The van der Waals surface area contributed by atoms with Crippen molar-refractivity contribution in [3.05, 3.63) is 46.7 Å². The lowest BCUT2D eigenvalue weighted by atomic mass is 10.2. The molecule has 1 aromatic carbocycles. The van der Waals surface area contributed by atoms with E-state index in [-0.39, 0.29) is 4.90 Å². The molecule has 0 saturated heterocycles. The van der Waals surface area contributed by atoms with Crippen LogP contribution in [-0.4, -0.2) is 13.4 Å². The number of hydrogen-bond donors (Lipinski definition) is 2. The van der Waals surface area contributed by atoms with Gasteiger partial charge in [0.15, 0.2) is 0 Å². The maximum atomic E-state index is 12.1. The quantitative estimate of drug-likeness (QED) is 0.840. The predicted octanol–water partition coefficient (Wildman–Crippen LogP) is 2.54. The van der Waals surface area contributed by atoms with Gasteiger partial charge in [-0.25, -0.2) is 8.42 Å². The van der Waals surface area contributed by atoms with Crippen LogP contribution in [0.25, 0.3) is 0 Å². The first-order valence-electron chi connectivity index (χ1n) is 5.38. The van der Waals surface area contributed by atoms with Gasteiger partial charge in [0.25, 0.3) is 10.0 Å². The summed E-state index contributed by atoms with van der Waals surface area (Å²) in [5.74, 6) is 0. The number of hydrogen-bond acceptors (Lipinski definition) is 4. The highest BCUT2D eigenvalue weighted by atomic mass is 79.9. The Morgan fingerprint density at radius 2 is 2.00 bits per heavy atom. The fourth-order valence-electron chi connectivity index (χ4n) is 1.46. The van der Waals surface area contributed by atoms with Gasteiger partial charge in [0.2, 0.25) is 0 Å².